The molecule has 2 aromatic heterocycles. The summed E-state index contributed by atoms with van der Waals surface area (Å²) < 4.78 is 11.0. The summed E-state index contributed by atoms with van der Waals surface area (Å²) in [7, 11) is 0. The van der Waals surface area contributed by atoms with Crippen LogP contribution in [0.25, 0.3) is 22.3 Å². The molecule has 0 bridgehead atoms. The average Bonchev–Trinajstić information content (AvgIpc) is 3.38. The molecule has 11 nitrogen and oxygen atoms in total. The zero-order valence-electron chi connectivity index (χ0n) is 24.8. The first-order chi connectivity index (χ1) is 20.2. The van der Waals surface area contributed by atoms with Crippen molar-refractivity contribution in [1.29, 1.82) is 0 Å². The molecule has 11 heteroatoms. The monoisotopic (exact) mass is 575 g/mol. The molecule has 0 aliphatic carbocycles. The molecule has 0 spiro atoms. The SMILES string of the molecule is CC(C)(C)OC(=O)N1CC(N2CCC(CC(=O)Nc3ccc(-c4cc5c(N6CCOCC6)ncnc5[nH]4)cc3)CC2)C1. The van der Waals surface area contributed by atoms with Crippen LogP contribution in [-0.4, -0.2) is 101 Å². The Kier molecular flexibility index (Phi) is 8.04. The van der Waals surface area contributed by atoms with Crippen molar-refractivity contribution in [3.63, 3.8) is 0 Å². The molecule has 3 aromatic rings. The van der Waals surface area contributed by atoms with Crippen molar-refractivity contribution in [2.45, 2.75) is 51.7 Å². The molecule has 6 rings (SSSR count). The fourth-order valence-corrected chi connectivity index (χ4v) is 6.00. The smallest absolute Gasteiger partial charge is 0.410 e. The Balaban J connectivity index is 0.973. The van der Waals surface area contributed by atoms with Crippen LogP contribution in [0, 0.1) is 5.92 Å². The number of fused-ring (bicyclic) bond motifs is 1. The molecule has 3 fully saturated rings. The third kappa shape index (κ3) is 6.52. The summed E-state index contributed by atoms with van der Waals surface area (Å²) in [5.74, 6) is 1.35. The third-order valence-electron chi connectivity index (χ3n) is 8.35. The summed E-state index contributed by atoms with van der Waals surface area (Å²) in [5, 5.41) is 4.07. The first-order valence-corrected chi connectivity index (χ1v) is 15.0. The fourth-order valence-electron chi connectivity index (χ4n) is 6.00. The molecule has 0 radical (unpaired) electrons. The van der Waals surface area contributed by atoms with Gasteiger partial charge in [-0.25, -0.2) is 14.8 Å². The summed E-state index contributed by atoms with van der Waals surface area (Å²) in [6.45, 7) is 12.1. The molecule has 5 heterocycles. The average molecular weight is 576 g/mol. The highest BCUT2D eigenvalue weighted by Gasteiger charge is 2.38. The Morgan fingerprint density at radius 2 is 1.76 bits per heavy atom. The highest BCUT2D eigenvalue weighted by Crippen LogP contribution is 2.30. The van der Waals surface area contributed by atoms with E-state index in [1.54, 1.807) is 11.2 Å². The molecule has 0 saturated carbocycles. The third-order valence-corrected chi connectivity index (χ3v) is 8.35. The number of aromatic amines is 1. The maximum atomic E-state index is 12.8. The van der Waals surface area contributed by atoms with E-state index in [0.717, 1.165) is 85.9 Å². The Hall–Kier alpha value is -3.70. The van der Waals surface area contributed by atoms with Gasteiger partial charge in [-0.2, -0.15) is 0 Å². The highest BCUT2D eigenvalue weighted by atomic mass is 16.6. The number of nitrogens with zero attached hydrogens (tertiary/aromatic N) is 5. The number of anilines is 2. The Morgan fingerprint density at radius 1 is 1.05 bits per heavy atom. The molecule has 0 unspecified atom stereocenters. The van der Waals surface area contributed by atoms with Crippen LogP contribution in [-0.2, 0) is 14.3 Å². The van der Waals surface area contributed by atoms with Crippen LogP contribution in [0.3, 0.4) is 0 Å². The van der Waals surface area contributed by atoms with Crippen LogP contribution < -0.4 is 10.2 Å². The number of rotatable bonds is 6. The van der Waals surface area contributed by atoms with Crippen LogP contribution in [0.5, 0.6) is 0 Å². The molecule has 0 atom stereocenters. The van der Waals surface area contributed by atoms with Gasteiger partial charge in [-0.3, -0.25) is 9.69 Å². The van der Waals surface area contributed by atoms with Gasteiger partial charge in [0.1, 0.15) is 23.4 Å². The molecular weight excluding hydrogens is 534 g/mol. The van der Waals surface area contributed by atoms with Gasteiger partial charge in [0, 0.05) is 50.0 Å². The van der Waals surface area contributed by atoms with Gasteiger partial charge in [-0.05, 0) is 76.4 Å². The van der Waals surface area contributed by atoms with Crippen LogP contribution >= 0.6 is 0 Å². The molecule has 224 valence electrons. The van der Waals surface area contributed by atoms with Crippen molar-refractivity contribution < 1.29 is 19.1 Å². The lowest BCUT2D eigenvalue weighted by Gasteiger charge is -2.47. The van der Waals surface area contributed by atoms with Gasteiger partial charge in [0.05, 0.1) is 18.6 Å². The molecule has 3 aliphatic rings. The minimum absolute atomic E-state index is 0.0528. The number of hydrogen-bond donors (Lipinski definition) is 2. The predicted molar refractivity (Wildman–Crippen MR) is 161 cm³/mol. The van der Waals surface area contributed by atoms with Crippen LogP contribution in [0.2, 0.25) is 0 Å². The second-order valence-corrected chi connectivity index (χ2v) is 12.6. The zero-order chi connectivity index (χ0) is 29.3. The first kappa shape index (κ1) is 28.4. The van der Waals surface area contributed by atoms with E-state index < -0.39 is 5.60 Å². The number of nitrogens with one attached hydrogen (secondary N) is 2. The lowest BCUT2D eigenvalue weighted by Crippen LogP contribution is -2.62. The minimum Gasteiger partial charge on any atom is -0.444 e. The standard InChI is InChI=1S/C31H41N7O4/c1-31(2,3)42-30(40)38-18-24(19-38)36-10-8-21(9-11-36)16-27(39)34-23-6-4-22(5-7-23)26-17-25-28(35-26)32-20-33-29(25)37-12-14-41-15-13-37/h4-7,17,20-21,24H,8-16,18-19H2,1-3H3,(H,34,39)(H,32,33,35). The van der Waals surface area contributed by atoms with Gasteiger partial charge in [0.15, 0.2) is 0 Å². The number of carbonyl (C=O) groups is 2. The van der Waals surface area contributed by atoms with Crippen LogP contribution in [0.4, 0.5) is 16.3 Å². The number of hydrogen-bond acceptors (Lipinski definition) is 8. The van der Waals surface area contributed by atoms with Gasteiger partial charge in [-0.1, -0.05) is 12.1 Å². The lowest BCUT2D eigenvalue weighted by atomic mass is 9.91. The lowest BCUT2D eigenvalue weighted by molar-refractivity contribution is -0.117. The number of aromatic nitrogens is 3. The molecule has 2 N–H and O–H groups in total. The van der Waals surface area contributed by atoms with Crippen molar-refractivity contribution >= 4 is 34.5 Å². The van der Waals surface area contributed by atoms with Gasteiger partial charge in [0.25, 0.3) is 0 Å². The normalized spacial score (nSPS) is 19.1. The second kappa shape index (κ2) is 11.9. The van der Waals surface area contributed by atoms with Gasteiger partial charge < -0.3 is 29.6 Å². The van der Waals surface area contributed by atoms with Gasteiger partial charge >= 0.3 is 6.09 Å². The summed E-state index contributed by atoms with van der Waals surface area (Å²) in [6, 6.07) is 10.4. The van der Waals surface area contributed by atoms with Crippen LogP contribution in [0.1, 0.15) is 40.0 Å². The number of H-pyrrole nitrogens is 1. The zero-order valence-corrected chi connectivity index (χ0v) is 24.8. The molecule has 1 aromatic carbocycles. The van der Waals surface area contributed by atoms with Gasteiger partial charge in [-0.15, -0.1) is 0 Å². The van der Waals surface area contributed by atoms with Crippen molar-refractivity contribution in [2.75, 3.05) is 62.7 Å². The number of morpholine rings is 1. The summed E-state index contributed by atoms with van der Waals surface area (Å²) in [4.78, 5) is 43.9. The van der Waals surface area contributed by atoms with Gasteiger partial charge in [0.2, 0.25) is 5.91 Å². The summed E-state index contributed by atoms with van der Waals surface area (Å²) in [6.07, 6.45) is 3.88. The van der Waals surface area contributed by atoms with E-state index in [-0.39, 0.29) is 12.0 Å². The quantitative estimate of drug-likeness (QED) is 0.451. The topological polar surface area (TPSA) is 116 Å². The largest absolute Gasteiger partial charge is 0.444 e. The number of benzene rings is 1. The summed E-state index contributed by atoms with van der Waals surface area (Å²) in [5.41, 5.74) is 3.12. The Morgan fingerprint density at radius 3 is 2.45 bits per heavy atom. The van der Waals surface area contributed by atoms with E-state index in [0.29, 0.717) is 31.6 Å². The van der Waals surface area contributed by atoms with E-state index in [1.165, 1.54) is 0 Å². The maximum absolute atomic E-state index is 12.8. The number of piperidine rings is 1. The van der Waals surface area contributed by atoms with Crippen LogP contribution in [0.15, 0.2) is 36.7 Å². The number of amides is 2. The van der Waals surface area contributed by atoms with E-state index >= 15 is 0 Å². The van der Waals surface area contributed by atoms with E-state index in [4.69, 9.17) is 9.47 Å². The fraction of sp³-hybridized carbons (Fsp3) is 0.548. The maximum Gasteiger partial charge on any atom is 0.410 e. The van der Waals surface area contributed by atoms with Crippen molar-refractivity contribution in [2.24, 2.45) is 5.92 Å². The summed E-state index contributed by atoms with van der Waals surface area (Å²) >= 11 is 0. The molecular formula is C31H41N7O4. The number of likely N-dealkylation sites (tertiary alicyclic amines) is 2. The van der Waals surface area contributed by atoms with Crippen molar-refractivity contribution in [3.8, 4) is 11.3 Å². The molecule has 42 heavy (non-hydrogen) atoms. The minimum atomic E-state index is -0.468. The predicted octanol–water partition coefficient (Wildman–Crippen LogP) is 4.12. The van der Waals surface area contributed by atoms with E-state index in [9.17, 15) is 9.59 Å². The van der Waals surface area contributed by atoms with E-state index in [1.807, 2.05) is 45.0 Å². The Bertz CT molecular complexity index is 1400. The number of ether oxygens (including phenoxy) is 2. The number of carbonyl (C=O) groups excluding carboxylic acids is 2. The van der Waals surface area contributed by atoms with Crippen molar-refractivity contribution in [1.82, 2.24) is 24.8 Å². The molecule has 3 aliphatic heterocycles. The second-order valence-electron chi connectivity index (χ2n) is 12.6. The molecule has 2 amide bonds. The first-order valence-electron chi connectivity index (χ1n) is 15.0. The van der Waals surface area contributed by atoms with Crippen molar-refractivity contribution in [3.05, 3.63) is 36.7 Å². The molecule has 3 saturated heterocycles. The Labute approximate surface area is 246 Å². The van der Waals surface area contributed by atoms with E-state index in [2.05, 4.69) is 36.1 Å². The highest BCUT2D eigenvalue weighted by molar-refractivity contribution is 5.93.